The van der Waals surface area contributed by atoms with Gasteiger partial charge in [-0.2, -0.15) is 0 Å². The van der Waals surface area contributed by atoms with Crippen LogP contribution in [0.1, 0.15) is 0 Å². The van der Waals surface area contributed by atoms with Crippen LogP contribution in [0.15, 0.2) is 199 Å². The number of benzene rings is 9. The zero-order valence-electron chi connectivity index (χ0n) is 29.8. The summed E-state index contributed by atoms with van der Waals surface area (Å²) in [7, 11) is 0. The van der Waals surface area contributed by atoms with Crippen molar-refractivity contribution < 1.29 is 4.42 Å². The number of hydrogen-bond acceptors (Lipinski definition) is 3. The lowest BCUT2D eigenvalue weighted by atomic mass is 9.92. The van der Waals surface area contributed by atoms with Crippen LogP contribution in [0.25, 0.3) is 110 Å². The second-order valence-corrected chi connectivity index (χ2v) is 14.1. The monoisotopic (exact) mass is 700 g/mol. The van der Waals surface area contributed by atoms with Gasteiger partial charge in [0.2, 0.25) is 0 Å². The van der Waals surface area contributed by atoms with Crippen LogP contribution in [0.3, 0.4) is 0 Å². The maximum absolute atomic E-state index is 6.70. The average molecular weight is 701 g/mol. The molecule has 0 bridgehead atoms. The van der Waals surface area contributed by atoms with E-state index in [1.165, 1.54) is 37.9 Å². The van der Waals surface area contributed by atoms with Gasteiger partial charge in [0.1, 0.15) is 11.2 Å². The molecule has 2 heterocycles. The molecule has 11 rings (SSSR count). The fourth-order valence-electron chi connectivity index (χ4n) is 8.18. The van der Waals surface area contributed by atoms with Gasteiger partial charge in [-0.3, -0.25) is 0 Å². The van der Waals surface area contributed by atoms with Gasteiger partial charge >= 0.3 is 0 Å². The first-order valence-electron chi connectivity index (χ1n) is 18.6. The summed E-state index contributed by atoms with van der Waals surface area (Å²) in [5.41, 5.74) is 11.0. The summed E-state index contributed by atoms with van der Waals surface area (Å²) in [4.78, 5) is 10.2. The Kier molecular flexibility index (Phi) is 7.17. The lowest BCUT2D eigenvalue weighted by Crippen LogP contribution is -1.96. The molecule has 0 saturated heterocycles. The molecule has 0 aliphatic carbocycles. The highest BCUT2D eigenvalue weighted by Gasteiger charge is 2.17. The smallest absolute Gasteiger partial charge is 0.160 e. The molecular weight excluding hydrogens is 669 g/mol. The zero-order chi connectivity index (χ0) is 36.3. The highest BCUT2D eigenvalue weighted by Crippen LogP contribution is 2.41. The third-order valence-corrected chi connectivity index (χ3v) is 10.9. The van der Waals surface area contributed by atoms with Crippen LogP contribution in [-0.4, -0.2) is 9.97 Å². The molecule has 0 unspecified atom stereocenters. The highest BCUT2D eigenvalue weighted by atomic mass is 16.3. The molecule has 0 N–H and O–H groups in total. The van der Waals surface area contributed by atoms with E-state index >= 15 is 0 Å². The van der Waals surface area contributed by atoms with Crippen LogP contribution >= 0.6 is 0 Å². The Hall–Kier alpha value is -7.36. The van der Waals surface area contributed by atoms with Crippen LogP contribution in [0.5, 0.6) is 0 Å². The van der Waals surface area contributed by atoms with Crippen LogP contribution in [0.2, 0.25) is 0 Å². The summed E-state index contributed by atoms with van der Waals surface area (Å²) < 4.78 is 6.70. The minimum absolute atomic E-state index is 0.687. The van der Waals surface area contributed by atoms with Gasteiger partial charge < -0.3 is 4.42 Å². The standard InChI is InChI=1S/C52H32N2O/c1-3-12-33(13-4-1)34-22-24-36(25-23-34)52-53-48(35-14-5-2-6-15-35)32-49(54-52)38-27-29-50-47(31-38)45-21-11-20-39(51(45)55-50)37-26-28-44-42-18-8-7-16-40(42)41-17-9-10-19-43(41)46(44)30-37/h1-32H. The van der Waals surface area contributed by atoms with Gasteiger partial charge in [0.25, 0.3) is 0 Å². The average Bonchev–Trinajstić information content (AvgIpc) is 3.65. The Morgan fingerprint density at radius 2 is 0.782 bits per heavy atom. The summed E-state index contributed by atoms with van der Waals surface area (Å²) >= 11 is 0. The van der Waals surface area contributed by atoms with Crippen LogP contribution < -0.4 is 0 Å². The fourth-order valence-corrected chi connectivity index (χ4v) is 8.18. The summed E-state index contributed by atoms with van der Waals surface area (Å²) in [6.45, 7) is 0. The van der Waals surface area contributed by atoms with Crippen LogP contribution in [0, 0.1) is 0 Å². The minimum atomic E-state index is 0.687. The molecule has 9 aromatic carbocycles. The highest BCUT2D eigenvalue weighted by molar-refractivity contribution is 6.26. The van der Waals surface area contributed by atoms with Gasteiger partial charge in [-0.05, 0) is 79.3 Å². The molecule has 0 radical (unpaired) electrons. The van der Waals surface area contributed by atoms with Crippen molar-refractivity contribution in [3.63, 3.8) is 0 Å². The van der Waals surface area contributed by atoms with E-state index in [0.717, 1.165) is 66.7 Å². The Morgan fingerprint density at radius 1 is 0.291 bits per heavy atom. The molecule has 0 spiro atoms. The van der Waals surface area contributed by atoms with E-state index in [2.05, 4.69) is 170 Å². The summed E-state index contributed by atoms with van der Waals surface area (Å²) in [5.74, 6) is 0.687. The second-order valence-electron chi connectivity index (χ2n) is 14.1. The van der Waals surface area contributed by atoms with Crippen molar-refractivity contribution in [2.24, 2.45) is 0 Å². The molecule has 0 amide bonds. The predicted octanol–water partition coefficient (Wildman–Crippen LogP) is 14.2. The van der Waals surface area contributed by atoms with Crippen LogP contribution in [0.4, 0.5) is 0 Å². The van der Waals surface area contributed by atoms with E-state index in [4.69, 9.17) is 14.4 Å². The van der Waals surface area contributed by atoms with Gasteiger partial charge in [-0.25, -0.2) is 9.97 Å². The number of hydrogen-bond donors (Lipinski definition) is 0. The van der Waals surface area contributed by atoms with Gasteiger partial charge in [0.15, 0.2) is 5.82 Å². The number of fused-ring (bicyclic) bond motifs is 9. The largest absolute Gasteiger partial charge is 0.455 e. The molecule has 3 heteroatoms. The van der Waals surface area contributed by atoms with Gasteiger partial charge in [-0.15, -0.1) is 0 Å². The first-order chi connectivity index (χ1) is 27.2. The summed E-state index contributed by atoms with van der Waals surface area (Å²) in [6.07, 6.45) is 0. The third kappa shape index (κ3) is 5.28. The predicted molar refractivity (Wildman–Crippen MR) is 229 cm³/mol. The molecule has 55 heavy (non-hydrogen) atoms. The van der Waals surface area contributed by atoms with Crippen molar-refractivity contribution in [2.45, 2.75) is 0 Å². The van der Waals surface area contributed by atoms with E-state index in [-0.39, 0.29) is 0 Å². The Balaban J connectivity index is 1.04. The van der Waals surface area contributed by atoms with Gasteiger partial charge in [0, 0.05) is 33.0 Å². The number of rotatable bonds is 5. The van der Waals surface area contributed by atoms with Crippen molar-refractivity contribution in [2.75, 3.05) is 0 Å². The van der Waals surface area contributed by atoms with E-state index < -0.39 is 0 Å². The molecule has 3 nitrogen and oxygen atoms in total. The van der Waals surface area contributed by atoms with Crippen LogP contribution in [-0.2, 0) is 0 Å². The van der Waals surface area contributed by atoms with Crippen molar-refractivity contribution in [3.05, 3.63) is 194 Å². The fraction of sp³-hybridized carbons (Fsp3) is 0. The normalized spacial score (nSPS) is 11.6. The summed E-state index contributed by atoms with van der Waals surface area (Å²) in [6, 6.07) is 68.5. The first kappa shape index (κ1) is 31.2. The number of aromatic nitrogens is 2. The molecule has 256 valence electrons. The zero-order valence-corrected chi connectivity index (χ0v) is 29.8. The molecule has 0 saturated carbocycles. The molecule has 0 aliphatic rings. The van der Waals surface area contributed by atoms with E-state index in [1.807, 2.05) is 24.3 Å². The van der Waals surface area contributed by atoms with Crippen molar-refractivity contribution in [3.8, 4) is 56.2 Å². The minimum Gasteiger partial charge on any atom is -0.455 e. The Bertz CT molecular complexity index is 3200. The number of nitrogens with zero attached hydrogens (tertiary/aromatic N) is 2. The maximum atomic E-state index is 6.70. The number of para-hydroxylation sites is 1. The Morgan fingerprint density at radius 3 is 1.47 bits per heavy atom. The molecule has 2 aromatic heterocycles. The maximum Gasteiger partial charge on any atom is 0.160 e. The lowest BCUT2D eigenvalue weighted by molar-refractivity contribution is 0.670. The number of furan rings is 1. The molecule has 11 aromatic rings. The van der Waals surface area contributed by atoms with Crippen molar-refractivity contribution >= 4 is 54.3 Å². The second kappa shape index (κ2) is 12.6. The SMILES string of the molecule is c1ccc(-c2ccc(-c3nc(-c4ccccc4)cc(-c4ccc5oc6c(-c7ccc8c9ccccc9c9ccccc9c8c7)cccc6c5c4)n3)cc2)cc1. The molecular formula is C52H32N2O. The van der Waals surface area contributed by atoms with E-state index in [9.17, 15) is 0 Å². The molecule has 0 aliphatic heterocycles. The molecule has 0 atom stereocenters. The topological polar surface area (TPSA) is 38.9 Å². The third-order valence-electron chi connectivity index (χ3n) is 10.9. The van der Waals surface area contributed by atoms with Crippen molar-refractivity contribution in [1.29, 1.82) is 0 Å². The van der Waals surface area contributed by atoms with E-state index in [0.29, 0.717) is 5.82 Å². The quantitative estimate of drug-likeness (QED) is 0.168. The lowest BCUT2D eigenvalue weighted by Gasteiger charge is -2.12. The van der Waals surface area contributed by atoms with E-state index in [1.54, 1.807) is 0 Å². The molecule has 0 fully saturated rings. The van der Waals surface area contributed by atoms with Crippen molar-refractivity contribution in [1.82, 2.24) is 9.97 Å². The van der Waals surface area contributed by atoms with Gasteiger partial charge in [0.05, 0.1) is 11.4 Å². The first-order valence-corrected chi connectivity index (χ1v) is 18.6. The van der Waals surface area contributed by atoms with Gasteiger partial charge in [-0.1, -0.05) is 164 Å². The Labute approximate surface area is 317 Å². The summed E-state index contributed by atoms with van der Waals surface area (Å²) in [5, 5.41) is 9.70.